The van der Waals surface area contributed by atoms with Crippen molar-refractivity contribution in [3.63, 3.8) is 0 Å². The number of hydrogen-bond donors (Lipinski definition) is 1. The van der Waals surface area contributed by atoms with E-state index in [1.807, 2.05) is 0 Å². The minimum absolute atomic E-state index is 0.0294. The first-order valence-corrected chi connectivity index (χ1v) is 8.25. The number of benzene rings is 1. The van der Waals surface area contributed by atoms with Crippen molar-refractivity contribution in [3.8, 4) is 11.5 Å². The van der Waals surface area contributed by atoms with Crippen LogP contribution in [0.5, 0.6) is 11.5 Å². The van der Waals surface area contributed by atoms with E-state index in [0.29, 0.717) is 6.54 Å². The highest BCUT2D eigenvalue weighted by Gasteiger charge is 2.45. The second-order valence-corrected chi connectivity index (χ2v) is 7.03. The van der Waals surface area contributed by atoms with Gasteiger partial charge in [-0.1, -0.05) is 12.5 Å². The number of piperidine rings is 1. The molecule has 0 aromatic heterocycles. The number of likely N-dealkylation sites (tertiary alicyclic amines) is 1. The van der Waals surface area contributed by atoms with Gasteiger partial charge in [-0.15, -0.1) is 8.78 Å². The van der Waals surface area contributed by atoms with Crippen molar-refractivity contribution in [2.75, 3.05) is 13.1 Å². The van der Waals surface area contributed by atoms with Crippen molar-refractivity contribution in [1.29, 1.82) is 0 Å². The molecule has 4 nitrogen and oxygen atoms in total. The van der Waals surface area contributed by atoms with Gasteiger partial charge in [-0.05, 0) is 49.9 Å². The highest BCUT2D eigenvalue weighted by atomic mass is 19.3. The van der Waals surface area contributed by atoms with Crippen LogP contribution in [-0.2, 0) is 6.54 Å². The molecule has 1 aromatic carbocycles. The van der Waals surface area contributed by atoms with Crippen LogP contribution in [0.25, 0.3) is 0 Å². The SMILES string of the molecule is O[C@@H]1CCC[C@@]12CCCN(Cc1ccc3c(c1)OC(F)(F)O3)C2. The molecule has 2 fully saturated rings. The highest BCUT2D eigenvalue weighted by Crippen LogP contribution is 2.46. The molecule has 3 aliphatic rings. The van der Waals surface area contributed by atoms with Gasteiger partial charge in [-0.2, -0.15) is 0 Å². The normalized spacial score (nSPS) is 32.6. The van der Waals surface area contributed by atoms with E-state index in [4.69, 9.17) is 0 Å². The van der Waals surface area contributed by atoms with E-state index in [9.17, 15) is 13.9 Å². The lowest BCUT2D eigenvalue weighted by molar-refractivity contribution is -0.286. The average Bonchev–Trinajstić information content (AvgIpc) is 2.98. The summed E-state index contributed by atoms with van der Waals surface area (Å²) in [6, 6.07) is 4.97. The molecule has 1 aromatic rings. The third kappa shape index (κ3) is 2.78. The number of nitrogens with zero attached hydrogens (tertiary/aromatic N) is 1. The van der Waals surface area contributed by atoms with Crippen molar-refractivity contribution in [2.24, 2.45) is 5.41 Å². The Labute approximate surface area is 134 Å². The third-order valence-corrected chi connectivity index (χ3v) is 5.42. The minimum atomic E-state index is -3.57. The van der Waals surface area contributed by atoms with E-state index in [-0.39, 0.29) is 23.0 Å². The molecule has 126 valence electrons. The Bertz CT molecular complexity index is 610. The number of halogens is 2. The molecule has 0 unspecified atom stereocenters. The smallest absolute Gasteiger partial charge is 0.395 e. The molecule has 2 aliphatic heterocycles. The van der Waals surface area contributed by atoms with Gasteiger partial charge in [0.1, 0.15) is 0 Å². The summed E-state index contributed by atoms with van der Waals surface area (Å²) in [7, 11) is 0. The van der Waals surface area contributed by atoms with Gasteiger partial charge in [0.25, 0.3) is 0 Å². The van der Waals surface area contributed by atoms with E-state index in [1.54, 1.807) is 12.1 Å². The molecule has 1 aliphatic carbocycles. The largest absolute Gasteiger partial charge is 0.586 e. The van der Waals surface area contributed by atoms with Crippen molar-refractivity contribution in [1.82, 2.24) is 4.90 Å². The zero-order valence-electron chi connectivity index (χ0n) is 12.9. The van der Waals surface area contributed by atoms with E-state index in [1.165, 1.54) is 6.07 Å². The van der Waals surface area contributed by atoms with E-state index >= 15 is 0 Å². The number of aliphatic hydroxyl groups excluding tert-OH is 1. The fourth-order valence-corrected chi connectivity index (χ4v) is 4.34. The van der Waals surface area contributed by atoms with Gasteiger partial charge < -0.3 is 14.6 Å². The standard InChI is InChI=1S/C17H21F2NO3/c18-17(19)22-13-5-4-12(9-14(13)23-17)10-20-8-2-7-16(11-20)6-1-3-15(16)21/h4-5,9,15,21H,1-3,6-8,10-11H2/t15-,16+/m1/s1. The van der Waals surface area contributed by atoms with Gasteiger partial charge in [-0.3, -0.25) is 4.90 Å². The number of rotatable bonds is 2. The molecule has 0 amide bonds. The monoisotopic (exact) mass is 325 g/mol. The van der Waals surface area contributed by atoms with Crippen molar-refractivity contribution in [3.05, 3.63) is 23.8 Å². The van der Waals surface area contributed by atoms with Crippen LogP contribution in [0.15, 0.2) is 18.2 Å². The summed E-state index contributed by atoms with van der Waals surface area (Å²) >= 11 is 0. The van der Waals surface area contributed by atoms with Crippen LogP contribution in [0.1, 0.15) is 37.7 Å². The molecule has 1 saturated heterocycles. The van der Waals surface area contributed by atoms with Crippen LogP contribution in [0, 0.1) is 5.41 Å². The fourth-order valence-electron chi connectivity index (χ4n) is 4.34. The van der Waals surface area contributed by atoms with E-state index < -0.39 is 6.29 Å². The molecule has 0 radical (unpaired) electrons. The number of fused-ring (bicyclic) bond motifs is 1. The highest BCUT2D eigenvalue weighted by molar-refractivity contribution is 5.45. The Kier molecular flexibility index (Phi) is 3.50. The van der Waals surface area contributed by atoms with Gasteiger partial charge in [0.2, 0.25) is 0 Å². The summed E-state index contributed by atoms with van der Waals surface area (Å²) < 4.78 is 35.1. The van der Waals surface area contributed by atoms with Gasteiger partial charge in [0, 0.05) is 18.5 Å². The summed E-state index contributed by atoms with van der Waals surface area (Å²) in [5.41, 5.74) is 0.955. The quantitative estimate of drug-likeness (QED) is 0.907. The Morgan fingerprint density at radius 2 is 1.96 bits per heavy atom. The topological polar surface area (TPSA) is 41.9 Å². The Morgan fingerprint density at radius 3 is 2.74 bits per heavy atom. The molecular weight excluding hydrogens is 304 g/mol. The Balaban J connectivity index is 1.47. The zero-order valence-corrected chi connectivity index (χ0v) is 12.9. The first kappa shape index (κ1) is 15.1. The molecule has 2 atom stereocenters. The van der Waals surface area contributed by atoms with Crippen LogP contribution in [0.4, 0.5) is 8.78 Å². The Morgan fingerprint density at radius 1 is 1.17 bits per heavy atom. The van der Waals surface area contributed by atoms with Crippen molar-refractivity contribution < 1.29 is 23.4 Å². The molecule has 6 heteroatoms. The second kappa shape index (κ2) is 5.31. The molecular formula is C17H21F2NO3. The van der Waals surface area contributed by atoms with Gasteiger partial charge >= 0.3 is 6.29 Å². The molecule has 1 spiro atoms. The molecule has 2 heterocycles. The maximum Gasteiger partial charge on any atom is 0.586 e. The number of aliphatic hydroxyl groups is 1. The van der Waals surface area contributed by atoms with Gasteiger partial charge in [-0.25, -0.2) is 0 Å². The predicted octanol–water partition coefficient (Wildman–Crippen LogP) is 3.14. The first-order valence-electron chi connectivity index (χ1n) is 8.25. The Hall–Kier alpha value is -1.40. The van der Waals surface area contributed by atoms with Crippen LogP contribution < -0.4 is 9.47 Å². The van der Waals surface area contributed by atoms with Gasteiger partial charge in [0.05, 0.1) is 6.10 Å². The second-order valence-electron chi connectivity index (χ2n) is 7.03. The number of ether oxygens (including phenoxy) is 2. The van der Waals surface area contributed by atoms with Crippen LogP contribution >= 0.6 is 0 Å². The maximum absolute atomic E-state index is 13.1. The number of hydrogen-bond acceptors (Lipinski definition) is 4. The van der Waals surface area contributed by atoms with Crippen LogP contribution in [-0.4, -0.2) is 35.5 Å². The summed E-state index contributed by atoms with van der Waals surface area (Å²) in [6.07, 6.45) is 1.45. The molecule has 1 N–H and O–H groups in total. The average molecular weight is 325 g/mol. The summed E-state index contributed by atoms with van der Waals surface area (Å²) in [4.78, 5) is 2.31. The van der Waals surface area contributed by atoms with Gasteiger partial charge in [0.15, 0.2) is 11.5 Å². The fraction of sp³-hybridized carbons (Fsp3) is 0.647. The van der Waals surface area contributed by atoms with Crippen LogP contribution in [0.3, 0.4) is 0 Å². The molecule has 4 rings (SSSR count). The van der Waals surface area contributed by atoms with Crippen LogP contribution in [0.2, 0.25) is 0 Å². The molecule has 1 saturated carbocycles. The first-order chi connectivity index (χ1) is 11.0. The maximum atomic E-state index is 13.1. The lowest BCUT2D eigenvalue weighted by atomic mass is 9.76. The number of alkyl halides is 2. The molecule has 0 bridgehead atoms. The summed E-state index contributed by atoms with van der Waals surface area (Å²) in [5.74, 6) is 0.181. The van der Waals surface area contributed by atoms with E-state index in [0.717, 1.165) is 50.8 Å². The van der Waals surface area contributed by atoms with E-state index in [2.05, 4.69) is 14.4 Å². The lowest BCUT2D eigenvalue weighted by Crippen LogP contribution is -2.46. The predicted molar refractivity (Wildman–Crippen MR) is 79.4 cm³/mol. The minimum Gasteiger partial charge on any atom is -0.395 e. The summed E-state index contributed by atoms with van der Waals surface area (Å²) in [6.45, 7) is 2.52. The van der Waals surface area contributed by atoms with Crippen molar-refractivity contribution >= 4 is 0 Å². The zero-order chi connectivity index (χ0) is 16.1. The molecule has 23 heavy (non-hydrogen) atoms. The lowest BCUT2D eigenvalue weighted by Gasteiger charge is -2.42. The summed E-state index contributed by atoms with van der Waals surface area (Å²) in [5, 5.41) is 10.3. The third-order valence-electron chi connectivity index (χ3n) is 5.42. The van der Waals surface area contributed by atoms with Crippen molar-refractivity contribution in [2.45, 2.75) is 51.0 Å².